The molecule has 0 saturated heterocycles. The Morgan fingerprint density at radius 1 is 1.00 bits per heavy atom. The smallest absolute Gasteiger partial charge is 0.329 e. The zero-order valence-electron chi connectivity index (χ0n) is 21.9. The molecular weight excluding hydrogens is 464 g/mol. The van der Waals surface area contributed by atoms with Gasteiger partial charge in [0.05, 0.1) is 22.8 Å². The van der Waals surface area contributed by atoms with Gasteiger partial charge in [0, 0.05) is 28.9 Å². The molecule has 0 radical (unpaired) electrons. The number of imidazole rings is 1. The van der Waals surface area contributed by atoms with E-state index in [0.29, 0.717) is 17.1 Å². The van der Waals surface area contributed by atoms with Crippen molar-refractivity contribution in [2.24, 2.45) is 7.05 Å². The van der Waals surface area contributed by atoms with E-state index >= 15 is 0 Å². The molecule has 4 aromatic rings. The Kier molecular flexibility index (Phi) is 5.99. The minimum Gasteiger partial charge on any atom is -0.384 e. The molecule has 36 heavy (non-hydrogen) atoms. The first kappa shape index (κ1) is 25.8. The summed E-state index contributed by atoms with van der Waals surface area (Å²) < 4.78 is 32.9. The average Bonchev–Trinajstić information content (AvgIpc) is 3.03. The standard InChI is InChI=1S/C27H33F2N5O2/c1-15(17-10-9-11-18(12-17)27(28,29)26(6,7)36)30-23-20-14-22-21(13-19(20)16(2)31-32-23)33(8)24(35)34(22)25(3,4)5/h9-15,36H,1-8H3,(H,30,32)/t15-/m1/s1. The third kappa shape index (κ3) is 4.15. The summed E-state index contributed by atoms with van der Waals surface area (Å²) in [4.78, 5) is 13.0. The van der Waals surface area contributed by atoms with Gasteiger partial charge in [0.15, 0.2) is 5.82 Å². The number of rotatable bonds is 5. The van der Waals surface area contributed by atoms with Gasteiger partial charge in [-0.1, -0.05) is 18.2 Å². The minimum absolute atomic E-state index is 0.112. The third-order valence-corrected chi connectivity index (χ3v) is 6.68. The first-order chi connectivity index (χ1) is 16.5. The van der Waals surface area contributed by atoms with Crippen molar-refractivity contribution in [3.63, 3.8) is 0 Å². The van der Waals surface area contributed by atoms with Crippen molar-refractivity contribution in [3.8, 4) is 0 Å². The number of alkyl halides is 2. The predicted molar refractivity (Wildman–Crippen MR) is 139 cm³/mol. The number of halogens is 2. The summed E-state index contributed by atoms with van der Waals surface area (Å²) in [6, 6.07) is 9.50. The second-order valence-corrected chi connectivity index (χ2v) is 11.0. The molecule has 2 aromatic carbocycles. The molecule has 0 aliphatic rings. The van der Waals surface area contributed by atoms with Crippen molar-refractivity contribution < 1.29 is 13.9 Å². The maximum Gasteiger partial charge on any atom is 0.329 e. The number of hydrogen-bond donors (Lipinski definition) is 2. The van der Waals surface area contributed by atoms with Crippen LogP contribution in [-0.2, 0) is 18.5 Å². The van der Waals surface area contributed by atoms with Gasteiger partial charge >= 0.3 is 11.6 Å². The minimum atomic E-state index is -3.42. The Morgan fingerprint density at radius 3 is 2.25 bits per heavy atom. The molecule has 2 heterocycles. The van der Waals surface area contributed by atoms with Gasteiger partial charge in [-0.25, -0.2) is 4.79 Å². The van der Waals surface area contributed by atoms with Gasteiger partial charge in [0.25, 0.3) is 0 Å². The summed E-state index contributed by atoms with van der Waals surface area (Å²) >= 11 is 0. The van der Waals surface area contributed by atoms with E-state index in [2.05, 4.69) is 15.5 Å². The van der Waals surface area contributed by atoms with Crippen LogP contribution in [0.1, 0.15) is 64.4 Å². The molecule has 0 aliphatic heterocycles. The monoisotopic (exact) mass is 497 g/mol. The van der Waals surface area contributed by atoms with Gasteiger partial charge in [-0.2, -0.15) is 13.9 Å². The van der Waals surface area contributed by atoms with E-state index in [-0.39, 0.29) is 17.3 Å². The van der Waals surface area contributed by atoms with Crippen molar-refractivity contribution in [1.29, 1.82) is 0 Å². The Morgan fingerprint density at radius 2 is 1.64 bits per heavy atom. The van der Waals surface area contributed by atoms with Gasteiger partial charge in [0.2, 0.25) is 0 Å². The van der Waals surface area contributed by atoms with Gasteiger partial charge < -0.3 is 10.4 Å². The molecule has 0 bridgehead atoms. The highest BCUT2D eigenvalue weighted by Crippen LogP contribution is 2.39. The normalized spacial score (nSPS) is 14.0. The SMILES string of the molecule is Cc1nnc(N[C@H](C)c2cccc(C(F)(F)C(C)(C)O)c2)c2cc3c(cc12)n(C)c(=O)n3C(C)(C)C. The fourth-order valence-corrected chi connectivity index (χ4v) is 4.51. The summed E-state index contributed by atoms with van der Waals surface area (Å²) in [6.07, 6.45) is 0. The van der Waals surface area contributed by atoms with Crippen molar-refractivity contribution in [2.75, 3.05) is 5.32 Å². The number of nitrogens with zero attached hydrogens (tertiary/aromatic N) is 4. The Hall–Kier alpha value is -3.33. The highest BCUT2D eigenvalue weighted by molar-refractivity contribution is 6.01. The molecule has 4 rings (SSSR count). The lowest BCUT2D eigenvalue weighted by Gasteiger charge is -2.30. The summed E-state index contributed by atoms with van der Waals surface area (Å²) in [7, 11) is 1.75. The number of nitrogens with one attached hydrogen (secondary N) is 1. The van der Waals surface area contributed by atoms with E-state index in [1.165, 1.54) is 12.1 Å². The summed E-state index contributed by atoms with van der Waals surface area (Å²) in [6.45, 7) is 11.8. The lowest BCUT2D eigenvalue weighted by molar-refractivity contribution is -0.168. The topological polar surface area (TPSA) is 85.0 Å². The van der Waals surface area contributed by atoms with Crippen LogP contribution in [-0.4, -0.2) is 30.0 Å². The summed E-state index contributed by atoms with van der Waals surface area (Å²) in [5, 5.41) is 23.6. The highest BCUT2D eigenvalue weighted by atomic mass is 19.3. The number of hydrogen-bond acceptors (Lipinski definition) is 5. The maximum absolute atomic E-state index is 14.8. The lowest BCUT2D eigenvalue weighted by Crippen LogP contribution is -2.40. The van der Waals surface area contributed by atoms with E-state index < -0.39 is 17.1 Å². The van der Waals surface area contributed by atoms with Crippen LogP contribution in [0.3, 0.4) is 0 Å². The fourth-order valence-electron chi connectivity index (χ4n) is 4.51. The van der Waals surface area contributed by atoms with Crippen LogP contribution < -0.4 is 11.0 Å². The molecule has 192 valence electrons. The van der Waals surface area contributed by atoms with E-state index in [1.54, 1.807) is 28.3 Å². The van der Waals surface area contributed by atoms with Crippen LogP contribution >= 0.6 is 0 Å². The van der Waals surface area contributed by atoms with Crippen LogP contribution in [0.25, 0.3) is 21.8 Å². The Bertz CT molecular complexity index is 1520. The Balaban J connectivity index is 1.83. The van der Waals surface area contributed by atoms with E-state index in [1.807, 2.05) is 46.8 Å². The molecule has 0 spiro atoms. The molecule has 2 aromatic heterocycles. The van der Waals surface area contributed by atoms with Crippen molar-refractivity contribution >= 4 is 27.6 Å². The number of aryl methyl sites for hydroxylation is 2. The zero-order valence-corrected chi connectivity index (χ0v) is 21.9. The number of benzene rings is 2. The van der Waals surface area contributed by atoms with Gasteiger partial charge in [-0.3, -0.25) is 9.13 Å². The molecule has 9 heteroatoms. The summed E-state index contributed by atoms with van der Waals surface area (Å²) in [5.41, 5.74) is -0.124. The highest BCUT2D eigenvalue weighted by Gasteiger charge is 2.47. The average molecular weight is 498 g/mol. The first-order valence-corrected chi connectivity index (χ1v) is 11.9. The number of anilines is 1. The molecule has 0 unspecified atom stereocenters. The quantitative estimate of drug-likeness (QED) is 0.387. The van der Waals surface area contributed by atoms with Gasteiger partial charge in [-0.05, 0) is 72.2 Å². The van der Waals surface area contributed by atoms with Gasteiger partial charge in [0.1, 0.15) is 5.60 Å². The molecule has 2 N–H and O–H groups in total. The second kappa shape index (κ2) is 8.37. The Labute approximate surface area is 208 Å². The zero-order chi connectivity index (χ0) is 26.8. The van der Waals surface area contributed by atoms with E-state index in [9.17, 15) is 18.7 Å². The van der Waals surface area contributed by atoms with Crippen LogP contribution in [0.15, 0.2) is 41.2 Å². The second-order valence-electron chi connectivity index (χ2n) is 11.0. The van der Waals surface area contributed by atoms with Crippen molar-refractivity contribution in [2.45, 2.75) is 71.6 Å². The lowest BCUT2D eigenvalue weighted by atomic mass is 9.91. The summed E-state index contributed by atoms with van der Waals surface area (Å²) in [5.74, 6) is -2.93. The van der Waals surface area contributed by atoms with Crippen LogP contribution in [0, 0.1) is 6.92 Å². The molecule has 0 aliphatic carbocycles. The molecule has 0 saturated carbocycles. The van der Waals surface area contributed by atoms with Crippen molar-refractivity contribution in [3.05, 3.63) is 63.7 Å². The fraction of sp³-hybridized carbons (Fsp3) is 0.444. The number of aliphatic hydroxyl groups is 1. The van der Waals surface area contributed by atoms with Crippen molar-refractivity contribution in [1.82, 2.24) is 19.3 Å². The third-order valence-electron chi connectivity index (χ3n) is 6.68. The van der Waals surface area contributed by atoms with Gasteiger partial charge in [-0.15, -0.1) is 5.10 Å². The van der Waals surface area contributed by atoms with Crippen LogP contribution in [0.2, 0.25) is 0 Å². The molecule has 0 amide bonds. The van der Waals surface area contributed by atoms with Crippen LogP contribution in [0.4, 0.5) is 14.6 Å². The first-order valence-electron chi connectivity index (χ1n) is 11.9. The molecule has 0 fully saturated rings. The van der Waals surface area contributed by atoms with E-state index in [4.69, 9.17) is 0 Å². The molecule has 1 atom stereocenters. The predicted octanol–water partition coefficient (Wildman–Crippen LogP) is 5.38. The largest absolute Gasteiger partial charge is 0.384 e. The molecule has 7 nitrogen and oxygen atoms in total. The molecular formula is C27H33F2N5O2. The number of aromatic nitrogens is 4. The van der Waals surface area contributed by atoms with Crippen LogP contribution in [0.5, 0.6) is 0 Å². The number of fused-ring (bicyclic) bond motifs is 2. The maximum atomic E-state index is 14.8. The van der Waals surface area contributed by atoms with E-state index in [0.717, 1.165) is 35.7 Å².